The van der Waals surface area contributed by atoms with Gasteiger partial charge in [0.1, 0.15) is 0 Å². The van der Waals surface area contributed by atoms with Gasteiger partial charge in [-0.25, -0.2) is 0 Å². The van der Waals surface area contributed by atoms with E-state index >= 15 is 0 Å². The standard InChI is InChI=1S/C19H30N4.HI/c1-20-19(22-18-6-2-3-7-18)21-14-16-8-10-17(11-9-16)15-23-12-4-5-13-23;/h8-11,18H,2-7,12-15H2,1H3,(H2,20,21,22);1H. The summed E-state index contributed by atoms with van der Waals surface area (Å²) in [5.74, 6) is 0.929. The van der Waals surface area contributed by atoms with Crippen LogP contribution >= 0.6 is 24.0 Å². The van der Waals surface area contributed by atoms with E-state index < -0.39 is 0 Å². The first-order chi connectivity index (χ1) is 11.3. The summed E-state index contributed by atoms with van der Waals surface area (Å²) in [6, 6.07) is 9.61. The molecule has 0 unspecified atom stereocenters. The fraction of sp³-hybridized carbons (Fsp3) is 0.632. The van der Waals surface area contributed by atoms with E-state index in [1.54, 1.807) is 0 Å². The number of rotatable bonds is 5. The SMILES string of the molecule is CN=C(NCc1ccc(CN2CCCC2)cc1)NC1CCCC1.I. The first-order valence-corrected chi connectivity index (χ1v) is 9.11. The van der Waals surface area contributed by atoms with Gasteiger partial charge in [0.25, 0.3) is 0 Å². The van der Waals surface area contributed by atoms with Crippen molar-refractivity contribution in [2.75, 3.05) is 20.1 Å². The van der Waals surface area contributed by atoms with Crippen LogP contribution < -0.4 is 10.6 Å². The second kappa shape index (κ2) is 10.2. The highest BCUT2D eigenvalue weighted by atomic mass is 127. The summed E-state index contributed by atoms with van der Waals surface area (Å²) in [6.45, 7) is 4.44. The zero-order valence-electron chi connectivity index (χ0n) is 14.8. The van der Waals surface area contributed by atoms with Gasteiger partial charge in [0.05, 0.1) is 0 Å². The lowest BCUT2D eigenvalue weighted by molar-refractivity contribution is 0.331. The van der Waals surface area contributed by atoms with E-state index in [4.69, 9.17) is 0 Å². The molecule has 3 rings (SSSR count). The molecule has 1 aromatic carbocycles. The van der Waals surface area contributed by atoms with Crippen LogP contribution in [0.15, 0.2) is 29.3 Å². The van der Waals surface area contributed by atoms with Gasteiger partial charge in [0, 0.05) is 26.2 Å². The third-order valence-corrected chi connectivity index (χ3v) is 5.01. The molecule has 0 atom stereocenters. The zero-order chi connectivity index (χ0) is 15.9. The Bertz CT molecular complexity index is 503. The molecule has 0 radical (unpaired) electrons. The summed E-state index contributed by atoms with van der Waals surface area (Å²) < 4.78 is 0. The molecule has 0 spiro atoms. The first-order valence-electron chi connectivity index (χ1n) is 9.11. The molecule has 5 heteroatoms. The number of hydrogen-bond acceptors (Lipinski definition) is 2. The minimum Gasteiger partial charge on any atom is -0.354 e. The highest BCUT2D eigenvalue weighted by Gasteiger charge is 2.15. The van der Waals surface area contributed by atoms with Gasteiger partial charge in [-0.15, -0.1) is 24.0 Å². The highest BCUT2D eigenvalue weighted by Crippen LogP contribution is 2.17. The number of benzene rings is 1. The van der Waals surface area contributed by atoms with E-state index in [0.29, 0.717) is 6.04 Å². The summed E-state index contributed by atoms with van der Waals surface area (Å²) in [7, 11) is 1.85. The van der Waals surface area contributed by atoms with Crippen molar-refractivity contribution in [3.63, 3.8) is 0 Å². The third-order valence-electron chi connectivity index (χ3n) is 5.01. The third kappa shape index (κ3) is 5.92. The molecular weight excluding hydrogens is 411 g/mol. The Hall–Kier alpha value is -0.820. The molecule has 1 saturated carbocycles. The number of guanidine groups is 1. The minimum absolute atomic E-state index is 0. The molecule has 0 aromatic heterocycles. The molecular formula is C19H31IN4. The second-order valence-electron chi connectivity index (χ2n) is 6.85. The lowest BCUT2D eigenvalue weighted by Gasteiger charge is -2.17. The minimum atomic E-state index is 0. The van der Waals surface area contributed by atoms with Crippen LogP contribution in [0.2, 0.25) is 0 Å². The number of nitrogens with zero attached hydrogens (tertiary/aromatic N) is 2. The summed E-state index contributed by atoms with van der Waals surface area (Å²) in [5, 5.41) is 6.96. The van der Waals surface area contributed by atoms with E-state index in [9.17, 15) is 0 Å². The molecule has 2 fully saturated rings. The number of aliphatic imine (C=N–C) groups is 1. The number of hydrogen-bond donors (Lipinski definition) is 2. The molecule has 1 saturated heterocycles. The highest BCUT2D eigenvalue weighted by molar-refractivity contribution is 14.0. The summed E-state index contributed by atoms with van der Waals surface area (Å²) in [5.41, 5.74) is 2.73. The molecule has 2 N–H and O–H groups in total. The van der Waals surface area contributed by atoms with Crippen molar-refractivity contribution in [2.24, 2.45) is 4.99 Å². The Kier molecular flexibility index (Phi) is 8.32. The molecule has 4 nitrogen and oxygen atoms in total. The number of halogens is 1. The van der Waals surface area contributed by atoms with Crippen molar-refractivity contribution >= 4 is 29.9 Å². The molecule has 1 heterocycles. The van der Waals surface area contributed by atoms with Gasteiger partial charge >= 0.3 is 0 Å². The van der Waals surface area contributed by atoms with E-state index in [2.05, 4.69) is 44.8 Å². The van der Waals surface area contributed by atoms with Crippen molar-refractivity contribution < 1.29 is 0 Å². The van der Waals surface area contributed by atoms with Gasteiger partial charge in [-0.1, -0.05) is 37.1 Å². The van der Waals surface area contributed by atoms with Crippen molar-refractivity contribution in [1.82, 2.24) is 15.5 Å². The molecule has 2 aliphatic rings. The topological polar surface area (TPSA) is 39.7 Å². The molecule has 1 aromatic rings. The van der Waals surface area contributed by atoms with Gasteiger partial charge < -0.3 is 10.6 Å². The van der Waals surface area contributed by atoms with Crippen LogP contribution in [0, 0.1) is 0 Å². The first kappa shape index (κ1) is 19.5. The van der Waals surface area contributed by atoms with Crippen LogP contribution in [0.3, 0.4) is 0 Å². The van der Waals surface area contributed by atoms with E-state index in [1.807, 2.05) is 7.05 Å². The van der Waals surface area contributed by atoms with Crippen molar-refractivity contribution in [2.45, 2.75) is 57.7 Å². The Morgan fingerprint density at radius 3 is 2.29 bits per heavy atom. The maximum atomic E-state index is 4.34. The Morgan fingerprint density at radius 1 is 1.04 bits per heavy atom. The van der Waals surface area contributed by atoms with Gasteiger partial charge in [0.2, 0.25) is 0 Å². The van der Waals surface area contributed by atoms with E-state index in [1.165, 1.54) is 62.7 Å². The van der Waals surface area contributed by atoms with E-state index in [0.717, 1.165) is 19.0 Å². The van der Waals surface area contributed by atoms with Gasteiger partial charge in [-0.05, 0) is 49.9 Å². The molecule has 0 amide bonds. The lowest BCUT2D eigenvalue weighted by Crippen LogP contribution is -2.41. The van der Waals surface area contributed by atoms with Crippen LogP contribution in [0.25, 0.3) is 0 Å². The quantitative estimate of drug-likeness (QED) is 0.417. The molecule has 134 valence electrons. The Morgan fingerprint density at radius 2 is 1.67 bits per heavy atom. The molecule has 24 heavy (non-hydrogen) atoms. The second-order valence-corrected chi connectivity index (χ2v) is 6.85. The number of nitrogens with one attached hydrogen (secondary N) is 2. The Labute approximate surface area is 163 Å². The summed E-state index contributed by atoms with van der Waals surface area (Å²) >= 11 is 0. The maximum Gasteiger partial charge on any atom is 0.191 e. The van der Waals surface area contributed by atoms with E-state index in [-0.39, 0.29) is 24.0 Å². The van der Waals surface area contributed by atoms with Gasteiger partial charge in [-0.2, -0.15) is 0 Å². The van der Waals surface area contributed by atoms with Crippen molar-refractivity contribution in [3.05, 3.63) is 35.4 Å². The molecule has 1 aliphatic carbocycles. The van der Waals surface area contributed by atoms with Crippen molar-refractivity contribution in [3.8, 4) is 0 Å². The predicted molar refractivity (Wildman–Crippen MR) is 112 cm³/mol. The van der Waals surface area contributed by atoms with Crippen molar-refractivity contribution in [1.29, 1.82) is 0 Å². The van der Waals surface area contributed by atoms with Crippen LogP contribution in [0.4, 0.5) is 0 Å². The maximum absolute atomic E-state index is 4.34. The predicted octanol–water partition coefficient (Wildman–Crippen LogP) is 3.51. The lowest BCUT2D eigenvalue weighted by atomic mass is 10.1. The van der Waals surface area contributed by atoms with Crippen LogP contribution in [-0.2, 0) is 13.1 Å². The smallest absolute Gasteiger partial charge is 0.191 e. The Balaban J connectivity index is 0.00000208. The summed E-state index contributed by atoms with van der Waals surface area (Å²) in [6.07, 6.45) is 7.93. The molecule has 0 bridgehead atoms. The van der Waals surface area contributed by atoms with Gasteiger partial charge in [0.15, 0.2) is 5.96 Å². The normalized spacial score (nSPS) is 19.3. The van der Waals surface area contributed by atoms with Crippen LogP contribution in [-0.4, -0.2) is 37.0 Å². The largest absolute Gasteiger partial charge is 0.354 e. The van der Waals surface area contributed by atoms with Crippen LogP contribution in [0.1, 0.15) is 49.7 Å². The fourth-order valence-electron chi connectivity index (χ4n) is 3.61. The van der Waals surface area contributed by atoms with Gasteiger partial charge in [-0.3, -0.25) is 9.89 Å². The molecule has 1 aliphatic heterocycles. The number of likely N-dealkylation sites (tertiary alicyclic amines) is 1. The zero-order valence-corrected chi connectivity index (χ0v) is 17.1. The fourth-order valence-corrected chi connectivity index (χ4v) is 3.61. The monoisotopic (exact) mass is 442 g/mol. The average molecular weight is 442 g/mol. The summed E-state index contributed by atoms with van der Waals surface area (Å²) in [4.78, 5) is 6.88. The van der Waals surface area contributed by atoms with Crippen LogP contribution in [0.5, 0.6) is 0 Å². The average Bonchev–Trinajstić information content (AvgIpc) is 3.26.